The van der Waals surface area contributed by atoms with Crippen LogP contribution in [0.25, 0.3) is 6.08 Å². The van der Waals surface area contributed by atoms with Crippen LogP contribution < -0.4 is 10.3 Å². The van der Waals surface area contributed by atoms with Gasteiger partial charge >= 0.3 is 0 Å². The summed E-state index contributed by atoms with van der Waals surface area (Å²) in [6.45, 7) is 3.40. The van der Waals surface area contributed by atoms with E-state index < -0.39 is 20.0 Å². The molecule has 0 unspecified atom stereocenters. The molecule has 1 aromatic carbocycles. The molecule has 0 aliphatic rings. The highest BCUT2D eigenvalue weighted by molar-refractivity contribution is 7.90. The van der Waals surface area contributed by atoms with E-state index >= 15 is 0 Å². The Morgan fingerprint density at radius 3 is 2.00 bits per heavy atom. The van der Waals surface area contributed by atoms with E-state index in [2.05, 4.69) is 6.58 Å². The van der Waals surface area contributed by atoms with Crippen LogP contribution in [0.15, 0.2) is 34.6 Å². The molecule has 0 heterocycles. The molecule has 0 atom stereocenters. The topological polar surface area (TPSA) is 120 Å². The summed E-state index contributed by atoms with van der Waals surface area (Å²) < 4.78 is 44.4. The molecule has 0 aromatic heterocycles. The van der Waals surface area contributed by atoms with Crippen LogP contribution in [0, 0.1) is 0 Å². The third kappa shape index (κ3) is 2.67. The fourth-order valence-corrected chi connectivity index (χ4v) is 2.49. The maximum atomic E-state index is 11.2. The van der Waals surface area contributed by atoms with Gasteiger partial charge in [0.25, 0.3) is 0 Å². The standard InChI is InChI=1S/C8H10N2O4S2/c1-2-6-3-4-7(15(9,11)12)5-8(6)16(10,13)14/h2-5H,1H2,(H2,9,11,12)(H2,10,13,14). The molecule has 0 amide bonds. The lowest BCUT2D eigenvalue weighted by molar-refractivity contribution is 0.596. The molecule has 6 nitrogen and oxygen atoms in total. The van der Waals surface area contributed by atoms with Gasteiger partial charge in [0.15, 0.2) is 0 Å². The molecule has 1 aromatic rings. The number of hydrogen-bond acceptors (Lipinski definition) is 4. The number of nitrogens with two attached hydrogens (primary N) is 2. The van der Waals surface area contributed by atoms with Gasteiger partial charge in [-0.15, -0.1) is 0 Å². The molecule has 0 fully saturated rings. The van der Waals surface area contributed by atoms with E-state index in [0.717, 1.165) is 6.07 Å². The Morgan fingerprint density at radius 1 is 1.06 bits per heavy atom. The first-order valence-corrected chi connectivity index (χ1v) is 7.07. The monoisotopic (exact) mass is 262 g/mol. The summed E-state index contributed by atoms with van der Waals surface area (Å²) in [5.41, 5.74) is 0.218. The summed E-state index contributed by atoms with van der Waals surface area (Å²) >= 11 is 0. The molecule has 0 saturated heterocycles. The maximum Gasteiger partial charge on any atom is 0.238 e. The predicted octanol–water partition coefficient (Wildman–Crippen LogP) is -0.376. The molecule has 4 N–H and O–H groups in total. The third-order valence-corrected chi connectivity index (χ3v) is 3.72. The van der Waals surface area contributed by atoms with Gasteiger partial charge in [-0.05, 0) is 17.7 Å². The lowest BCUT2D eigenvalue weighted by atomic mass is 10.2. The van der Waals surface area contributed by atoms with Crippen molar-refractivity contribution in [3.63, 3.8) is 0 Å². The van der Waals surface area contributed by atoms with Gasteiger partial charge in [0.2, 0.25) is 20.0 Å². The normalized spacial score (nSPS) is 12.4. The number of benzene rings is 1. The second-order valence-electron chi connectivity index (χ2n) is 2.99. The zero-order valence-corrected chi connectivity index (χ0v) is 9.75. The summed E-state index contributed by atoms with van der Waals surface area (Å²) in [6, 6.07) is 3.36. The van der Waals surface area contributed by atoms with Crippen molar-refractivity contribution in [3.8, 4) is 0 Å². The van der Waals surface area contributed by atoms with Crippen LogP contribution in [0.4, 0.5) is 0 Å². The van der Waals surface area contributed by atoms with Crippen LogP contribution in [0.5, 0.6) is 0 Å². The molecule has 8 heteroatoms. The van der Waals surface area contributed by atoms with Gasteiger partial charge in [-0.2, -0.15) is 0 Å². The van der Waals surface area contributed by atoms with Crippen LogP contribution >= 0.6 is 0 Å². The molecule has 16 heavy (non-hydrogen) atoms. The predicted molar refractivity (Wildman–Crippen MR) is 59.3 cm³/mol. The van der Waals surface area contributed by atoms with Crippen LogP contribution in [-0.2, 0) is 20.0 Å². The van der Waals surface area contributed by atoms with Gasteiger partial charge < -0.3 is 0 Å². The van der Waals surface area contributed by atoms with Gasteiger partial charge in [-0.3, -0.25) is 0 Å². The Morgan fingerprint density at radius 2 is 1.62 bits per heavy atom. The quantitative estimate of drug-likeness (QED) is 0.771. The van der Waals surface area contributed by atoms with Gasteiger partial charge in [0, 0.05) is 0 Å². The van der Waals surface area contributed by atoms with Crippen molar-refractivity contribution < 1.29 is 16.8 Å². The van der Waals surface area contributed by atoms with E-state index in [4.69, 9.17) is 10.3 Å². The maximum absolute atomic E-state index is 11.2. The summed E-state index contributed by atoms with van der Waals surface area (Å²) in [4.78, 5) is -0.642. The van der Waals surface area contributed by atoms with E-state index in [1.807, 2.05) is 0 Å². The molecule has 1 rings (SSSR count). The molecule has 0 spiro atoms. The Hall–Kier alpha value is -1.22. The van der Waals surface area contributed by atoms with Crippen LogP contribution in [0.1, 0.15) is 5.56 Å². The summed E-state index contributed by atoms with van der Waals surface area (Å²) in [7, 11) is -7.98. The van der Waals surface area contributed by atoms with Crippen molar-refractivity contribution in [1.82, 2.24) is 0 Å². The Labute approximate surface area is 93.7 Å². The lowest BCUT2D eigenvalue weighted by Gasteiger charge is -2.05. The number of hydrogen-bond donors (Lipinski definition) is 2. The van der Waals surface area contributed by atoms with E-state index in [0.29, 0.717) is 0 Å². The highest BCUT2D eigenvalue weighted by Crippen LogP contribution is 2.19. The average molecular weight is 262 g/mol. The summed E-state index contributed by atoms with van der Waals surface area (Å²) in [5.74, 6) is 0. The minimum absolute atomic E-state index is 0.218. The summed E-state index contributed by atoms with van der Waals surface area (Å²) in [6.07, 6.45) is 1.26. The molecule has 88 valence electrons. The third-order valence-electron chi connectivity index (χ3n) is 1.84. The molecule has 0 radical (unpaired) electrons. The Bertz CT molecular complexity index is 632. The van der Waals surface area contributed by atoms with E-state index in [-0.39, 0.29) is 15.4 Å². The van der Waals surface area contributed by atoms with Gasteiger partial charge in [-0.25, -0.2) is 27.1 Å². The SMILES string of the molecule is C=Cc1ccc(S(N)(=O)=O)cc1S(N)(=O)=O. The molecular formula is C8H10N2O4S2. The first-order valence-electron chi connectivity index (χ1n) is 3.98. The number of rotatable bonds is 3. The highest BCUT2D eigenvalue weighted by atomic mass is 32.2. The first-order chi connectivity index (χ1) is 7.16. The lowest BCUT2D eigenvalue weighted by Crippen LogP contribution is -2.17. The van der Waals surface area contributed by atoms with Crippen molar-refractivity contribution in [2.45, 2.75) is 9.79 Å². The van der Waals surface area contributed by atoms with Crippen LogP contribution in [-0.4, -0.2) is 16.8 Å². The molecule has 0 aliphatic carbocycles. The zero-order chi connectivity index (χ0) is 12.6. The molecule has 0 saturated carbocycles. The second-order valence-corrected chi connectivity index (χ2v) is 6.09. The minimum atomic E-state index is -4.02. The fraction of sp³-hybridized carbons (Fsp3) is 0. The summed E-state index contributed by atoms with van der Waals surface area (Å²) in [5, 5.41) is 9.81. The van der Waals surface area contributed by atoms with Crippen molar-refractivity contribution in [3.05, 3.63) is 30.3 Å². The number of sulfonamides is 2. The molecular weight excluding hydrogens is 252 g/mol. The van der Waals surface area contributed by atoms with E-state index in [1.54, 1.807) is 0 Å². The fourth-order valence-electron chi connectivity index (χ4n) is 1.11. The number of primary sulfonamides is 2. The van der Waals surface area contributed by atoms with Crippen molar-refractivity contribution >= 4 is 26.1 Å². The average Bonchev–Trinajstić information content (AvgIpc) is 2.14. The van der Waals surface area contributed by atoms with Crippen molar-refractivity contribution in [1.29, 1.82) is 0 Å². The Balaban J connectivity index is 3.65. The first kappa shape index (κ1) is 12.8. The van der Waals surface area contributed by atoms with E-state index in [1.165, 1.54) is 18.2 Å². The van der Waals surface area contributed by atoms with Crippen molar-refractivity contribution in [2.24, 2.45) is 10.3 Å². The van der Waals surface area contributed by atoms with Gasteiger partial charge in [-0.1, -0.05) is 18.7 Å². The largest absolute Gasteiger partial charge is 0.238 e. The highest BCUT2D eigenvalue weighted by Gasteiger charge is 2.16. The van der Waals surface area contributed by atoms with E-state index in [9.17, 15) is 16.8 Å². The van der Waals surface area contributed by atoms with Crippen LogP contribution in [0.2, 0.25) is 0 Å². The smallest absolute Gasteiger partial charge is 0.225 e. The second kappa shape index (κ2) is 3.98. The molecule has 0 aliphatic heterocycles. The van der Waals surface area contributed by atoms with Crippen molar-refractivity contribution in [2.75, 3.05) is 0 Å². The Kier molecular flexibility index (Phi) is 3.20. The molecule has 0 bridgehead atoms. The minimum Gasteiger partial charge on any atom is -0.225 e. The van der Waals surface area contributed by atoms with Gasteiger partial charge in [0.1, 0.15) is 0 Å². The van der Waals surface area contributed by atoms with Crippen LogP contribution in [0.3, 0.4) is 0 Å². The zero-order valence-electron chi connectivity index (χ0n) is 8.12. The van der Waals surface area contributed by atoms with Gasteiger partial charge in [0.05, 0.1) is 9.79 Å².